The largest absolute Gasteiger partial charge is 0.466 e. The third-order valence-corrected chi connectivity index (χ3v) is 1.91. The van der Waals surface area contributed by atoms with E-state index < -0.39 is 0 Å². The van der Waals surface area contributed by atoms with Crippen molar-refractivity contribution < 1.29 is 14.3 Å². The number of rotatable bonds is 7. The Morgan fingerprint density at radius 2 is 2.06 bits per heavy atom. The van der Waals surface area contributed by atoms with Crippen LogP contribution >= 0.6 is 0 Å². The molecule has 98 valence electrons. The van der Waals surface area contributed by atoms with E-state index in [1.54, 1.807) is 13.0 Å². The van der Waals surface area contributed by atoms with Gasteiger partial charge in [-0.2, -0.15) is 0 Å². The molecule has 1 amide bonds. The molecule has 0 fully saturated rings. The zero-order chi connectivity index (χ0) is 13.2. The molecule has 1 aromatic rings. The molecular weight excluding hydrogens is 236 g/mol. The SMILES string of the molecule is CCOC(=O)CCNCC(=O)Nc1ncccn1. The van der Waals surface area contributed by atoms with Crippen LogP contribution in [0.2, 0.25) is 0 Å². The summed E-state index contributed by atoms with van der Waals surface area (Å²) in [7, 11) is 0. The maximum absolute atomic E-state index is 11.4. The van der Waals surface area contributed by atoms with Gasteiger partial charge < -0.3 is 10.1 Å². The minimum atomic E-state index is -0.281. The first-order valence-electron chi connectivity index (χ1n) is 5.65. The molecule has 0 bridgehead atoms. The number of carbonyl (C=O) groups excluding carboxylic acids is 2. The molecule has 0 aliphatic carbocycles. The van der Waals surface area contributed by atoms with Crippen molar-refractivity contribution in [2.45, 2.75) is 13.3 Å². The van der Waals surface area contributed by atoms with Crippen LogP contribution in [0.3, 0.4) is 0 Å². The van der Waals surface area contributed by atoms with Crippen molar-refractivity contribution >= 4 is 17.8 Å². The highest BCUT2D eigenvalue weighted by Gasteiger charge is 2.04. The van der Waals surface area contributed by atoms with Gasteiger partial charge in [0.2, 0.25) is 11.9 Å². The van der Waals surface area contributed by atoms with Gasteiger partial charge in [0.15, 0.2) is 0 Å². The van der Waals surface area contributed by atoms with Crippen molar-refractivity contribution in [3.05, 3.63) is 18.5 Å². The summed E-state index contributed by atoms with van der Waals surface area (Å²) in [5, 5.41) is 5.34. The Morgan fingerprint density at radius 3 is 2.72 bits per heavy atom. The Morgan fingerprint density at radius 1 is 1.33 bits per heavy atom. The zero-order valence-corrected chi connectivity index (χ0v) is 10.2. The van der Waals surface area contributed by atoms with E-state index in [2.05, 4.69) is 20.6 Å². The topological polar surface area (TPSA) is 93.2 Å². The highest BCUT2D eigenvalue weighted by atomic mass is 16.5. The molecule has 1 heterocycles. The van der Waals surface area contributed by atoms with Crippen LogP contribution in [0.1, 0.15) is 13.3 Å². The smallest absolute Gasteiger partial charge is 0.307 e. The molecule has 2 N–H and O–H groups in total. The second-order valence-electron chi connectivity index (χ2n) is 3.35. The van der Waals surface area contributed by atoms with Crippen LogP contribution in [0, 0.1) is 0 Å². The highest BCUT2D eigenvalue weighted by Crippen LogP contribution is 1.92. The molecule has 0 saturated carbocycles. The van der Waals surface area contributed by atoms with Gasteiger partial charge in [-0.05, 0) is 13.0 Å². The van der Waals surface area contributed by atoms with Crippen LogP contribution in [0.5, 0.6) is 0 Å². The number of anilines is 1. The van der Waals surface area contributed by atoms with E-state index in [1.807, 2.05) is 0 Å². The van der Waals surface area contributed by atoms with E-state index in [4.69, 9.17) is 4.74 Å². The normalized spacial score (nSPS) is 9.83. The van der Waals surface area contributed by atoms with Crippen LogP contribution in [-0.2, 0) is 14.3 Å². The Hall–Kier alpha value is -2.02. The third kappa shape index (κ3) is 5.90. The summed E-state index contributed by atoms with van der Waals surface area (Å²) in [4.78, 5) is 30.1. The molecule has 0 radical (unpaired) electrons. The van der Waals surface area contributed by atoms with Crippen LogP contribution in [0.4, 0.5) is 5.95 Å². The number of hydrogen-bond donors (Lipinski definition) is 2. The number of ether oxygens (including phenoxy) is 1. The summed E-state index contributed by atoms with van der Waals surface area (Å²) in [6.07, 6.45) is 3.32. The van der Waals surface area contributed by atoms with Crippen molar-refractivity contribution in [1.82, 2.24) is 15.3 Å². The molecule has 18 heavy (non-hydrogen) atoms. The predicted octanol–water partition coefficient (Wildman–Crippen LogP) is -0.0421. The first kappa shape index (κ1) is 14.0. The number of aromatic nitrogens is 2. The van der Waals surface area contributed by atoms with Gasteiger partial charge in [-0.25, -0.2) is 9.97 Å². The van der Waals surface area contributed by atoms with Gasteiger partial charge in [0.25, 0.3) is 0 Å². The first-order chi connectivity index (χ1) is 8.72. The van der Waals surface area contributed by atoms with Crippen LogP contribution in [0.25, 0.3) is 0 Å². The van der Waals surface area contributed by atoms with Crippen molar-refractivity contribution in [3.63, 3.8) is 0 Å². The number of esters is 1. The summed E-state index contributed by atoms with van der Waals surface area (Å²) in [5.41, 5.74) is 0. The minimum Gasteiger partial charge on any atom is -0.466 e. The lowest BCUT2D eigenvalue weighted by Gasteiger charge is -2.05. The molecule has 0 unspecified atom stereocenters. The molecule has 1 rings (SSSR count). The Labute approximate surface area is 105 Å². The van der Waals surface area contributed by atoms with Gasteiger partial charge in [0, 0.05) is 18.9 Å². The van der Waals surface area contributed by atoms with Gasteiger partial charge in [0.1, 0.15) is 0 Å². The van der Waals surface area contributed by atoms with Crippen LogP contribution in [-0.4, -0.2) is 41.5 Å². The quantitative estimate of drug-likeness (QED) is 0.522. The van der Waals surface area contributed by atoms with E-state index in [0.29, 0.717) is 13.2 Å². The summed E-state index contributed by atoms with van der Waals surface area (Å²) < 4.78 is 4.75. The van der Waals surface area contributed by atoms with Gasteiger partial charge in [-0.1, -0.05) is 0 Å². The van der Waals surface area contributed by atoms with Crippen molar-refractivity contribution in [2.24, 2.45) is 0 Å². The maximum atomic E-state index is 11.4. The molecular formula is C11H16N4O3. The van der Waals surface area contributed by atoms with Gasteiger partial charge >= 0.3 is 5.97 Å². The lowest BCUT2D eigenvalue weighted by Crippen LogP contribution is -2.30. The number of carbonyl (C=O) groups is 2. The zero-order valence-electron chi connectivity index (χ0n) is 10.2. The van der Waals surface area contributed by atoms with Crippen LogP contribution < -0.4 is 10.6 Å². The third-order valence-electron chi connectivity index (χ3n) is 1.91. The standard InChI is InChI=1S/C11H16N4O3/c1-2-18-10(17)4-7-12-8-9(16)15-11-13-5-3-6-14-11/h3,5-6,12H,2,4,7-8H2,1H3,(H,13,14,15,16). The molecule has 0 atom stereocenters. The second-order valence-corrected chi connectivity index (χ2v) is 3.35. The summed E-state index contributed by atoms with van der Waals surface area (Å²) in [6.45, 7) is 2.60. The van der Waals surface area contributed by atoms with Crippen LogP contribution in [0.15, 0.2) is 18.5 Å². The van der Waals surface area contributed by atoms with Gasteiger partial charge in [0.05, 0.1) is 19.6 Å². The van der Waals surface area contributed by atoms with E-state index in [-0.39, 0.29) is 30.8 Å². The summed E-state index contributed by atoms with van der Waals surface area (Å²) in [6, 6.07) is 1.66. The Kier molecular flexibility index (Phi) is 6.34. The van der Waals surface area contributed by atoms with Crippen molar-refractivity contribution in [1.29, 1.82) is 0 Å². The van der Waals surface area contributed by atoms with Crippen molar-refractivity contribution in [2.75, 3.05) is 25.0 Å². The second kappa shape index (κ2) is 8.13. The lowest BCUT2D eigenvalue weighted by molar-refractivity contribution is -0.143. The fraction of sp³-hybridized carbons (Fsp3) is 0.455. The molecule has 0 saturated heterocycles. The number of nitrogens with zero attached hydrogens (tertiary/aromatic N) is 2. The van der Waals surface area contributed by atoms with Gasteiger partial charge in [-0.15, -0.1) is 0 Å². The Bertz CT molecular complexity index is 383. The van der Waals surface area contributed by atoms with E-state index in [9.17, 15) is 9.59 Å². The number of hydrogen-bond acceptors (Lipinski definition) is 6. The van der Waals surface area contributed by atoms with E-state index in [1.165, 1.54) is 12.4 Å². The summed E-state index contributed by atoms with van der Waals surface area (Å²) in [5.74, 6) is -0.281. The fourth-order valence-corrected chi connectivity index (χ4v) is 1.16. The average Bonchev–Trinajstić information content (AvgIpc) is 2.36. The average molecular weight is 252 g/mol. The molecule has 0 aliphatic heterocycles. The maximum Gasteiger partial charge on any atom is 0.307 e. The molecule has 0 aromatic carbocycles. The van der Waals surface area contributed by atoms with Crippen molar-refractivity contribution in [3.8, 4) is 0 Å². The number of nitrogens with one attached hydrogen (secondary N) is 2. The molecule has 0 aliphatic rings. The van der Waals surface area contributed by atoms with E-state index in [0.717, 1.165) is 0 Å². The monoisotopic (exact) mass is 252 g/mol. The molecule has 1 aromatic heterocycles. The van der Waals surface area contributed by atoms with E-state index >= 15 is 0 Å². The molecule has 7 heteroatoms. The molecule has 0 spiro atoms. The fourth-order valence-electron chi connectivity index (χ4n) is 1.16. The highest BCUT2D eigenvalue weighted by molar-refractivity contribution is 5.90. The molecule has 7 nitrogen and oxygen atoms in total. The first-order valence-corrected chi connectivity index (χ1v) is 5.65. The Balaban J connectivity index is 2.12. The van der Waals surface area contributed by atoms with Gasteiger partial charge in [-0.3, -0.25) is 14.9 Å². The minimum absolute atomic E-state index is 0.0949. The lowest BCUT2D eigenvalue weighted by atomic mass is 10.4. The summed E-state index contributed by atoms with van der Waals surface area (Å²) >= 11 is 0. The number of amides is 1. The predicted molar refractivity (Wildman–Crippen MR) is 64.8 cm³/mol.